The number of aromatic hydroxyl groups is 1. The van der Waals surface area contributed by atoms with Gasteiger partial charge in [-0.3, -0.25) is 14.4 Å². The predicted octanol–water partition coefficient (Wildman–Crippen LogP) is 1.35. The number of amides is 2. The van der Waals surface area contributed by atoms with Crippen molar-refractivity contribution in [1.82, 2.24) is 14.8 Å². The van der Waals surface area contributed by atoms with Crippen molar-refractivity contribution in [2.24, 2.45) is 0 Å². The number of benzene rings is 1. The molecule has 1 saturated heterocycles. The van der Waals surface area contributed by atoms with E-state index in [0.29, 0.717) is 21.7 Å². The monoisotopic (exact) mass is 426 g/mol. The second-order valence-corrected chi connectivity index (χ2v) is 6.51. The summed E-state index contributed by atoms with van der Waals surface area (Å²) in [5.41, 5.74) is -4.22. The highest BCUT2D eigenvalue weighted by Gasteiger charge is 2.41. The fraction of sp³-hybridized carbons (Fsp3) is 0.350. The first kappa shape index (κ1) is 13.1. The van der Waals surface area contributed by atoms with E-state index in [0.717, 1.165) is 12.1 Å². The summed E-state index contributed by atoms with van der Waals surface area (Å²) in [7, 11) is 0. The van der Waals surface area contributed by atoms with Gasteiger partial charge in [-0.15, -0.1) is 0 Å². The molecule has 30 heavy (non-hydrogen) atoms. The average Bonchev–Trinajstić information content (AvgIpc) is 2.77. The Kier molecular flexibility index (Phi) is 3.29. The van der Waals surface area contributed by atoms with Gasteiger partial charge in [0, 0.05) is 34.5 Å². The zero-order chi connectivity index (χ0) is 27.7. The molecule has 1 aromatic heterocycles. The summed E-state index contributed by atoms with van der Waals surface area (Å²) in [4.78, 5) is 39.4. The second-order valence-electron chi connectivity index (χ2n) is 6.51. The first-order valence-electron chi connectivity index (χ1n) is 12.2. The Balaban J connectivity index is 1.79. The van der Waals surface area contributed by atoms with Gasteiger partial charge in [0.05, 0.1) is 18.6 Å². The number of aromatic nitrogens is 1. The molecule has 4 rings (SSSR count). The lowest BCUT2D eigenvalue weighted by Crippen LogP contribution is -2.57. The molecular formula is C20H19F2N3O5. The lowest BCUT2D eigenvalue weighted by molar-refractivity contribution is -0.112. The van der Waals surface area contributed by atoms with E-state index in [9.17, 15) is 28.3 Å². The van der Waals surface area contributed by atoms with Crippen LogP contribution in [0.1, 0.15) is 49.3 Å². The zero-order valence-electron chi connectivity index (χ0n) is 22.1. The van der Waals surface area contributed by atoms with E-state index >= 15 is 0 Å². The molecule has 2 aliphatic heterocycles. The quantitative estimate of drug-likeness (QED) is 0.772. The summed E-state index contributed by atoms with van der Waals surface area (Å²) >= 11 is 0. The van der Waals surface area contributed by atoms with Gasteiger partial charge in [-0.25, -0.2) is 8.78 Å². The van der Waals surface area contributed by atoms with Crippen molar-refractivity contribution >= 4 is 11.8 Å². The third-order valence-corrected chi connectivity index (χ3v) is 4.61. The maximum atomic E-state index is 14.1. The fourth-order valence-electron chi connectivity index (χ4n) is 3.11. The van der Waals surface area contributed by atoms with Gasteiger partial charge in [-0.05, 0) is 19.3 Å². The molecule has 8 nitrogen and oxygen atoms in total. The van der Waals surface area contributed by atoms with Crippen LogP contribution in [0.25, 0.3) is 0 Å². The van der Waals surface area contributed by atoms with E-state index in [1.54, 1.807) is 5.32 Å². The molecule has 2 N–H and O–H groups in total. The molecule has 3 heterocycles. The number of nitrogens with one attached hydrogen (secondary N) is 1. The normalized spacial score (nSPS) is 26.5. The molecule has 2 amide bonds. The van der Waals surface area contributed by atoms with Crippen LogP contribution in [0.15, 0.2) is 29.2 Å². The van der Waals surface area contributed by atoms with Gasteiger partial charge in [-0.1, -0.05) is 6.07 Å². The minimum Gasteiger partial charge on any atom is -0.503 e. The topological polar surface area (TPSA) is 101 Å². The molecule has 1 fully saturated rings. The van der Waals surface area contributed by atoms with E-state index < -0.39 is 83.6 Å². The Morgan fingerprint density at radius 2 is 2.27 bits per heavy atom. The van der Waals surface area contributed by atoms with Crippen molar-refractivity contribution in [2.45, 2.75) is 38.5 Å². The van der Waals surface area contributed by atoms with Crippen LogP contribution in [0.2, 0.25) is 0 Å². The Morgan fingerprint density at radius 1 is 1.47 bits per heavy atom. The van der Waals surface area contributed by atoms with Crippen LogP contribution in [-0.4, -0.2) is 45.3 Å². The summed E-state index contributed by atoms with van der Waals surface area (Å²) in [5.74, 6) is -6.47. The molecule has 2 aromatic rings. The molecule has 0 unspecified atom stereocenters. The molecule has 10 heteroatoms. The van der Waals surface area contributed by atoms with Crippen LogP contribution in [0.4, 0.5) is 8.78 Å². The molecule has 1 aromatic carbocycles. The van der Waals surface area contributed by atoms with Crippen LogP contribution in [-0.2, 0) is 17.7 Å². The largest absolute Gasteiger partial charge is 0.503 e. The first-order chi connectivity index (χ1) is 17.0. The third kappa shape index (κ3) is 3.32. The van der Waals surface area contributed by atoms with Gasteiger partial charge in [0.1, 0.15) is 17.2 Å². The molecule has 0 bridgehead atoms. The van der Waals surface area contributed by atoms with Crippen LogP contribution >= 0.6 is 0 Å². The Morgan fingerprint density at radius 3 is 3.00 bits per heavy atom. The zero-order valence-corrected chi connectivity index (χ0v) is 15.1. The lowest BCUT2D eigenvalue weighted by Gasteiger charge is -2.44. The maximum Gasteiger partial charge on any atom is 0.276 e. The van der Waals surface area contributed by atoms with E-state index in [1.807, 2.05) is 0 Å². The van der Waals surface area contributed by atoms with Crippen molar-refractivity contribution in [2.75, 3.05) is 6.61 Å². The number of pyridine rings is 1. The SMILES string of the molecule is [2H]C([2H])(NC(=O)c1cn2c(c(O)c1=O)C(=O)N1[C@H](C([2H])([2H])[2H])CCO[C@H]1C2([2H])[2H])c1ccc(F)cc1F. The molecule has 0 saturated carbocycles. The van der Waals surface area contributed by atoms with Crippen LogP contribution in [0.3, 0.4) is 0 Å². The van der Waals surface area contributed by atoms with Gasteiger partial charge in [0.25, 0.3) is 11.8 Å². The number of fused-ring (bicyclic) bond motifs is 2. The minimum absolute atomic E-state index is 0.171. The lowest BCUT2D eigenvalue weighted by atomic mass is 10.1. The van der Waals surface area contributed by atoms with Crippen LogP contribution in [0.5, 0.6) is 5.75 Å². The number of ether oxygens (including phenoxy) is 1. The molecule has 0 spiro atoms. The van der Waals surface area contributed by atoms with Crippen LogP contribution in [0, 0.1) is 11.6 Å². The number of hydrogen-bond acceptors (Lipinski definition) is 5. The number of rotatable bonds is 3. The summed E-state index contributed by atoms with van der Waals surface area (Å²) in [6, 6.07) is 0.361. The number of nitrogens with zero attached hydrogens (tertiary/aromatic N) is 2. The number of carbonyl (C=O) groups is 2. The van der Waals surface area contributed by atoms with Gasteiger partial charge in [-0.2, -0.15) is 0 Å². The number of hydrogen-bond donors (Lipinski definition) is 2. The summed E-state index contributed by atoms with van der Waals surface area (Å²) < 4.78 is 89.2. The molecule has 0 aliphatic carbocycles. The number of halogens is 2. The summed E-state index contributed by atoms with van der Waals surface area (Å²) in [6.45, 7) is -8.75. The molecule has 2 aliphatic rings. The molecule has 0 radical (unpaired) electrons. The smallest absolute Gasteiger partial charge is 0.276 e. The van der Waals surface area contributed by atoms with E-state index in [4.69, 9.17) is 14.3 Å². The standard InChI is InChI=1S/C20H19F2N3O5/c1-10-4-5-30-15-9-24-8-13(17(26)18(27)16(24)20(29)25(10)15)19(28)23-7-11-2-3-12(21)6-14(11)22/h2-3,6,8,10,15,27H,4-5,7,9H2,1H3,(H,23,28)/t10-,15+/m1/s1/i1D3,7D2,9D2. The first-order valence-corrected chi connectivity index (χ1v) is 8.70. The highest BCUT2D eigenvalue weighted by Crippen LogP contribution is 2.29. The molecule has 2 atom stereocenters. The number of carbonyl (C=O) groups excluding carboxylic acids is 2. The van der Waals surface area contributed by atoms with E-state index in [2.05, 4.69) is 0 Å². The van der Waals surface area contributed by atoms with E-state index in [-0.39, 0.29) is 13.0 Å². The fourth-order valence-corrected chi connectivity index (χ4v) is 3.11. The maximum absolute atomic E-state index is 14.1. The van der Waals surface area contributed by atoms with Crippen molar-refractivity contribution in [3.05, 3.63) is 63.1 Å². The van der Waals surface area contributed by atoms with E-state index in [1.165, 1.54) is 0 Å². The molecule has 158 valence electrons. The predicted molar refractivity (Wildman–Crippen MR) is 99.9 cm³/mol. The van der Waals surface area contributed by atoms with Gasteiger partial charge in [0.2, 0.25) is 5.43 Å². The van der Waals surface area contributed by atoms with Gasteiger partial charge < -0.3 is 24.6 Å². The van der Waals surface area contributed by atoms with Gasteiger partial charge in [0.15, 0.2) is 17.7 Å². The Hall–Kier alpha value is -3.27. The van der Waals surface area contributed by atoms with Crippen molar-refractivity contribution in [3.8, 4) is 5.75 Å². The Labute approximate surface area is 179 Å². The minimum atomic E-state index is -2.98. The highest BCUT2D eigenvalue weighted by molar-refractivity contribution is 5.99. The summed E-state index contributed by atoms with van der Waals surface area (Å²) in [5, 5.41) is 12.3. The summed E-state index contributed by atoms with van der Waals surface area (Å²) in [6.07, 6.45) is -1.42. The average molecular weight is 426 g/mol. The second kappa shape index (κ2) is 7.52. The Bertz CT molecular complexity index is 1370. The van der Waals surface area contributed by atoms with Crippen molar-refractivity contribution in [3.63, 3.8) is 0 Å². The van der Waals surface area contributed by atoms with Crippen molar-refractivity contribution in [1.29, 1.82) is 0 Å². The van der Waals surface area contributed by atoms with Crippen molar-refractivity contribution < 1.29 is 37.8 Å². The van der Waals surface area contributed by atoms with Gasteiger partial charge >= 0.3 is 0 Å². The van der Waals surface area contributed by atoms with Crippen LogP contribution < -0.4 is 10.7 Å². The highest BCUT2D eigenvalue weighted by atomic mass is 19.1. The molecular weight excluding hydrogens is 400 g/mol. The third-order valence-electron chi connectivity index (χ3n) is 4.61.